The molecule has 3 unspecified atom stereocenters. The summed E-state index contributed by atoms with van der Waals surface area (Å²) in [6.07, 6.45) is 2.70. The van der Waals surface area contributed by atoms with Gasteiger partial charge in [-0.15, -0.1) is 0 Å². The van der Waals surface area contributed by atoms with Crippen molar-refractivity contribution in [2.45, 2.75) is 44.0 Å². The van der Waals surface area contributed by atoms with Gasteiger partial charge in [0.2, 0.25) is 10.0 Å². The second kappa shape index (κ2) is 8.93. The van der Waals surface area contributed by atoms with E-state index < -0.39 is 26.6 Å². The Balaban J connectivity index is 1.82. The first-order valence-corrected chi connectivity index (χ1v) is 11.8. The Bertz CT molecular complexity index is 995. The fourth-order valence-corrected chi connectivity index (χ4v) is 5.33. The third kappa shape index (κ3) is 5.24. The number of rotatable bonds is 5. The first kappa shape index (κ1) is 21.9. The van der Waals surface area contributed by atoms with Crippen LogP contribution in [0.5, 0.6) is 0 Å². The summed E-state index contributed by atoms with van der Waals surface area (Å²) in [7, 11) is -4.09. The zero-order valence-electron chi connectivity index (χ0n) is 16.3. The molecule has 8 heteroatoms. The normalized spacial score (nSPS) is 22.3. The second-order valence-corrected chi connectivity index (χ2v) is 10.2. The van der Waals surface area contributed by atoms with Gasteiger partial charge in [0.25, 0.3) is 5.91 Å². The van der Waals surface area contributed by atoms with Gasteiger partial charge in [-0.05, 0) is 60.7 Å². The van der Waals surface area contributed by atoms with Crippen LogP contribution in [-0.4, -0.2) is 20.4 Å². The summed E-state index contributed by atoms with van der Waals surface area (Å²) in [5, 5.41) is 2.68. The first-order chi connectivity index (χ1) is 13.7. The summed E-state index contributed by atoms with van der Waals surface area (Å²) in [6, 6.07) is 10.1. The van der Waals surface area contributed by atoms with E-state index in [0.29, 0.717) is 11.6 Å². The van der Waals surface area contributed by atoms with Gasteiger partial charge in [0.1, 0.15) is 10.7 Å². The van der Waals surface area contributed by atoms with Crippen molar-refractivity contribution in [3.8, 4) is 0 Å². The lowest BCUT2D eigenvalue weighted by Gasteiger charge is -2.34. The van der Waals surface area contributed by atoms with Crippen LogP contribution in [-0.2, 0) is 10.0 Å². The third-order valence-electron chi connectivity index (χ3n) is 5.60. The number of sulfonamides is 1. The molecular formula is C21H24BrFN2O3S. The molecule has 1 amide bonds. The first-order valence-electron chi connectivity index (χ1n) is 9.56. The lowest BCUT2D eigenvalue weighted by atomic mass is 9.78. The standard InChI is InChI=1S/C21H24BrFN2O3S/c1-13-4-3-5-19(14(13)2)25-29(27,28)20-12-15(6-11-18(20)23)21(26)24-17-9-7-16(22)8-10-17/h6-14,19,25H,3-5H2,1-2H3,(H,24,26). The number of carbonyl (C=O) groups excluding carboxylic acids is 1. The molecule has 2 aromatic carbocycles. The molecule has 3 atom stereocenters. The molecule has 0 aliphatic heterocycles. The molecule has 3 rings (SSSR count). The van der Waals surface area contributed by atoms with Crippen LogP contribution in [0.1, 0.15) is 43.5 Å². The molecule has 0 heterocycles. The molecule has 0 spiro atoms. The second-order valence-electron chi connectivity index (χ2n) is 7.60. The van der Waals surface area contributed by atoms with Crippen molar-refractivity contribution in [2.24, 2.45) is 11.8 Å². The maximum atomic E-state index is 14.4. The number of carbonyl (C=O) groups is 1. The number of anilines is 1. The van der Waals surface area contributed by atoms with Crippen molar-refractivity contribution in [1.82, 2.24) is 4.72 Å². The van der Waals surface area contributed by atoms with E-state index in [1.165, 1.54) is 6.07 Å². The topological polar surface area (TPSA) is 75.3 Å². The van der Waals surface area contributed by atoms with Crippen LogP contribution in [0.25, 0.3) is 0 Å². The smallest absolute Gasteiger partial charge is 0.255 e. The highest BCUT2D eigenvalue weighted by atomic mass is 79.9. The predicted octanol–water partition coefficient (Wildman–Crippen LogP) is 4.94. The zero-order chi connectivity index (χ0) is 21.2. The molecule has 0 aromatic heterocycles. The van der Waals surface area contributed by atoms with E-state index in [9.17, 15) is 17.6 Å². The monoisotopic (exact) mass is 482 g/mol. The van der Waals surface area contributed by atoms with Crippen molar-refractivity contribution in [3.63, 3.8) is 0 Å². The lowest BCUT2D eigenvalue weighted by Crippen LogP contribution is -2.43. The summed E-state index contributed by atoms with van der Waals surface area (Å²) >= 11 is 3.32. The number of nitrogens with one attached hydrogen (secondary N) is 2. The van der Waals surface area contributed by atoms with Crippen LogP contribution in [0.15, 0.2) is 51.8 Å². The largest absolute Gasteiger partial charge is 0.322 e. The Morgan fingerprint density at radius 1 is 1.10 bits per heavy atom. The lowest BCUT2D eigenvalue weighted by molar-refractivity contribution is 0.102. The van der Waals surface area contributed by atoms with Gasteiger partial charge >= 0.3 is 0 Å². The van der Waals surface area contributed by atoms with Crippen molar-refractivity contribution < 1.29 is 17.6 Å². The fourth-order valence-electron chi connectivity index (χ4n) is 3.60. The highest BCUT2D eigenvalue weighted by molar-refractivity contribution is 9.10. The summed E-state index contributed by atoms with van der Waals surface area (Å²) < 4.78 is 43.6. The van der Waals surface area contributed by atoms with Crippen LogP contribution in [0.3, 0.4) is 0 Å². The summed E-state index contributed by atoms with van der Waals surface area (Å²) in [6.45, 7) is 4.11. The highest BCUT2D eigenvalue weighted by Gasteiger charge is 2.32. The maximum Gasteiger partial charge on any atom is 0.255 e. The minimum atomic E-state index is -4.09. The van der Waals surface area contributed by atoms with Crippen molar-refractivity contribution in [2.75, 3.05) is 5.32 Å². The van der Waals surface area contributed by atoms with Gasteiger partial charge in [0.05, 0.1) is 0 Å². The van der Waals surface area contributed by atoms with E-state index in [0.717, 1.165) is 35.9 Å². The van der Waals surface area contributed by atoms with E-state index in [1.54, 1.807) is 24.3 Å². The van der Waals surface area contributed by atoms with Gasteiger partial charge in [-0.25, -0.2) is 17.5 Å². The van der Waals surface area contributed by atoms with Gasteiger partial charge in [0.15, 0.2) is 0 Å². The third-order valence-corrected chi connectivity index (χ3v) is 7.63. The van der Waals surface area contributed by atoms with E-state index in [1.807, 2.05) is 6.92 Å². The predicted molar refractivity (Wildman–Crippen MR) is 115 cm³/mol. The quantitative estimate of drug-likeness (QED) is 0.633. The fraction of sp³-hybridized carbons (Fsp3) is 0.381. The average molecular weight is 483 g/mol. The van der Waals surface area contributed by atoms with E-state index in [-0.39, 0.29) is 17.5 Å². The highest BCUT2D eigenvalue weighted by Crippen LogP contribution is 2.31. The Labute approximate surface area is 179 Å². The Morgan fingerprint density at radius 2 is 1.79 bits per heavy atom. The van der Waals surface area contributed by atoms with Crippen LogP contribution in [0.2, 0.25) is 0 Å². The minimum Gasteiger partial charge on any atom is -0.322 e. The number of hydrogen-bond donors (Lipinski definition) is 2. The number of benzene rings is 2. The Morgan fingerprint density at radius 3 is 2.48 bits per heavy atom. The van der Waals surface area contributed by atoms with E-state index >= 15 is 0 Å². The van der Waals surface area contributed by atoms with Gasteiger partial charge in [-0.1, -0.05) is 42.6 Å². The molecule has 1 saturated carbocycles. The van der Waals surface area contributed by atoms with Crippen molar-refractivity contribution in [3.05, 3.63) is 58.3 Å². The van der Waals surface area contributed by atoms with E-state index in [4.69, 9.17) is 0 Å². The van der Waals surface area contributed by atoms with E-state index in [2.05, 4.69) is 32.9 Å². The van der Waals surface area contributed by atoms with Gasteiger partial charge in [0, 0.05) is 21.8 Å². The summed E-state index contributed by atoms with van der Waals surface area (Å²) in [5.41, 5.74) is 0.620. The molecule has 1 aliphatic carbocycles. The summed E-state index contributed by atoms with van der Waals surface area (Å²) in [5.74, 6) is -0.840. The average Bonchev–Trinajstić information content (AvgIpc) is 2.67. The molecule has 156 valence electrons. The van der Waals surface area contributed by atoms with Gasteiger partial charge in [-0.2, -0.15) is 0 Å². The molecule has 0 saturated heterocycles. The van der Waals surface area contributed by atoms with Gasteiger partial charge in [-0.3, -0.25) is 4.79 Å². The van der Waals surface area contributed by atoms with Crippen LogP contribution in [0.4, 0.5) is 10.1 Å². The number of halogens is 2. The summed E-state index contributed by atoms with van der Waals surface area (Å²) in [4.78, 5) is 12.0. The molecule has 1 fully saturated rings. The van der Waals surface area contributed by atoms with Gasteiger partial charge < -0.3 is 5.32 Å². The molecule has 2 N–H and O–H groups in total. The molecule has 2 aromatic rings. The maximum absolute atomic E-state index is 14.4. The Kier molecular flexibility index (Phi) is 6.76. The van der Waals surface area contributed by atoms with Crippen LogP contribution >= 0.6 is 15.9 Å². The molecule has 0 bridgehead atoms. The van der Waals surface area contributed by atoms with Crippen LogP contribution < -0.4 is 10.0 Å². The zero-order valence-corrected chi connectivity index (χ0v) is 18.7. The van der Waals surface area contributed by atoms with Crippen molar-refractivity contribution >= 4 is 37.5 Å². The molecule has 1 aliphatic rings. The minimum absolute atomic E-state index is 0.0692. The molecule has 0 radical (unpaired) electrons. The molecule has 5 nitrogen and oxygen atoms in total. The van der Waals surface area contributed by atoms with Crippen molar-refractivity contribution in [1.29, 1.82) is 0 Å². The SMILES string of the molecule is CC1CCCC(NS(=O)(=O)c2cc(C(=O)Nc3ccc(Br)cc3)ccc2F)C1C. The number of hydrogen-bond acceptors (Lipinski definition) is 3. The van der Waals surface area contributed by atoms with Crippen LogP contribution in [0, 0.1) is 17.7 Å². The Hall–Kier alpha value is -1.77. The molecular weight excluding hydrogens is 459 g/mol. The number of amides is 1. The molecule has 29 heavy (non-hydrogen) atoms.